The highest BCUT2D eigenvalue weighted by Crippen LogP contribution is 2.41. The molecular formula is C19H14ClF2N3O2. The number of nitrogens with two attached hydrogens (primary N) is 1. The molecule has 2 aromatic carbocycles. The molecule has 0 bridgehead atoms. The number of halogens is 3. The third kappa shape index (κ3) is 2.98. The zero-order chi connectivity index (χ0) is 19.3. The molecule has 1 aliphatic rings. The molecule has 1 heterocycles. The van der Waals surface area contributed by atoms with Crippen molar-refractivity contribution in [2.24, 2.45) is 5.73 Å². The zero-order valence-electron chi connectivity index (χ0n) is 14.2. The Hall–Kier alpha value is -2.80. The standard InChI is InChI=1S/C19H14ClF2N3O2/c1-8-24-19(25-27-8)17-13(6-11(20)7-15(17)22)10-4-9-2-3-12(18(23)26)16(9)14(21)5-10/h4-7,12H,2-3H2,1H3,(H2,23,26). The molecule has 138 valence electrons. The summed E-state index contributed by atoms with van der Waals surface area (Å²) in [5.74, 6) is -2.09. The van der Waals surface area contributed by atoms with Crippen molar-refractivity contribution in [2.75, 3.05) is 0 Å². The second-order valence-electron chi connectivity index (χ2n) is 6.47. The topological polar surface area (TPSA) is 82.0 Å². The Balaban J connectivity index is 1.93. The van der Waals surface area contributed by atoms with E-state index in [1.807, 2.05) is 0 Å². The van der Waals surface area contributed by atoms with Gasteiger partial charge in [-0.05, 0) is 47.7 Å². The minimum Gasteiger partial charge on any atom is -0.369 e. The summed E-state index contributed by atoms with van der Waals surface area (Å²) in [6.45, 7) is 1.59. The highest BCUT2D eigenvalue weighted by Gasteiger charge is 2.31. The van der Waals surface area contributed by atoms with Crippen LogP contribution in [0.4, 0.5) is 8.78 Å². The van der Waals surface area contributed by atoms with E-state index >= 15 is 0 Å². The number of benzene rings is 2. The summed E-state index contributed by atoms with van der Waals surface area (Å²) >= 11 is 6.03. The molecule has 3 aromatic rings. The Morgan fingerprint density at radius 3 is 2.70 bits per heavy atom. The number of fused-ring (bicyclic) bond motifs is 1. The Kier molecular flexibility index (Phi) is 4.19. The average Bonchev–Trinajstić information content (AvgIpc) is 3.20. The van der Waals surface area contributed by atoms with Crippen LogP contribution in [0.3, 0.4) is 0 Å². The summed E-state index contributed by atoms with van der Waals surface area (Å²) in [7, 11) is 0. The molecule has 4 rings (SSSR count). The monoisotopic (exact) mass is 389 g/mol. The quantitative estimate of drug-likeness (QED) is 0.729. The van der Waals surface area contributed by atoms with Gasteiger partial charge in [-0.3, -0.25) is 4.79 Å². The number of aryl methyl sites for hydroxylation is 2. The van der Waals surface area contributed by atoms with Crippen LogP contribution in [0.25, 0.3) is 22.5 Å². The van der Waals surface area contributed by atoms with Gasteiger partial charge in [-0.1, -0.05) is 22.8 Å². The molecule has 0 saturated carbocycles. The van der Waals surface area contributed by atoms with Crippen LogP contribution in [-0.4, -0.2) is 16.0 Å². The van der Waals surface area contributed by atoms with Crippen LogP contribution in [0.2, 0.25) is 5.02 Å². The molecule has 0 spiro atoms. The third-order valence-electron chi connectivity index (χ3n) is 4.73. The molecule has 5 nitrogen and oxygen atoms in total. The molecule has 27 heavy (non-hydrogen) atoms. The first-order valence-corrected chi connectivity index (χ1v) is 8.64. The number of carbonyl (C=O) groups is 1. The minimum absolute atomic E-state index is 0.0487. The second kappa shape index (κ2) is 6.42. The lowest BCUT2D eigenvalue weighted by Gasteiger charge is -2.13. The molecule has 1 atom stereocenters. The highest BCUT2D eigenvalue weighted by atomic mass is 35.5. The van der Waals surface area contributed by atoms with E-state index in [-0.39, 0.29) is 22.3 Å². The van der Waals surface area contributed by atoms with Crippen LogP contribution in [-0.2, 0) is 11.2 Å². The highest BCUT2D eigenvalue weighted by molar-refractivity contribution is 6.31. The lowest BCUT2D eigenvalue weighted by Crippen LogP contribution is -2.20. The van der Waals surface area contributed by atoms with Gasteiger partial charge in [0, 0.05) is 17.5 Å². The van der Waals surface area contributed by atoms with E-state index in [1.165, 1.54) is 12.1 Å². The summed E-state index contributed by atoms with van der Waals surface area (Å²) in [6, 6.07) is 5.64. The number of amides is 1. The second-order valence-corrected chi connectivity index (χ2v) is 6.91. The largest absolute Gasteiger partial charge is 0.369 e. The van der Waals surface area contributed by atoms with E-state index in [1.54, 1.807) is 13.0 Å². The Labute approximate surface area is 158 Å². The third-order valence-corrected chi connectivity index (χ3v) is 4.94. The number of nitrogens with zero attached hydrogens (tertiary/aromatic N) is 2. The van der Waals surface area contributed by atoms with E-state index in [4.69, 9.17) is 21.9 Å². The molecule has 0 radical (unpaired) electrons. The van der Waals surface area contributed by atoms with Gasteiger partial charge < -0.3 is 10.3 Å². The predicted octanol–water partition coefficient (Wildman–Crippen LogP) is 4.16. The van der Waals surface area contributed by atoms with Gasteiger partial charge in [-0.2, -0.15) is 4.98 Å². The Morgan fingerprint density at radius 2 is 2.04 bits per heavy atom. The number of carbonyl (C=O) groups excluding carboxylic acids is 1. The van der Waals surface area contributed by atoms with Crippen molar-refractivity contribution in [3.8, 4) is 22.5 Å². The maximum atomic E-state index is 14.8. The van der Waals surface area contributed by atoms with Crippen molar-refractivity contribution in [3.05, 3.63) is 57.9 Å². The molecule has 0 fully saturated rings. The number of primary amides is 1. The number of aromatic nitrogens is 2. The van der Waals surface area contributed by atoms with Crippen LogP contribution in [0.15, 0.2) is 28.8 Å². The van der Waals surface area contributed by atoms with Gasteiger partial charge in [0.05, 0.1) is 11.5 Å². The number of hydrogen-bond acceptors (Lipinski definition) is 4. The van der Waals surface area contributed by atoms with Crippen LogP contribution in [0.1, 0.15) is 29.4 Å². The fourth-order valence-electron chi connectivity index (χ4n) is 3.59. The SMILES string of the molecule is Cc1nc(-c2c(F)cc(Cl)cc2-c2cc(F)c3c(c2)CCC3C(N)=O)no1. The Bertz CT molecular complexity index is 1080. The summed E-state index contributed by atoms with van der Waals surface area (Å²) in [5, 5.41) is 3.92. The first-order chi connectivity index (χ1) is 12.8. The molecule has 1 aromatic heterocycles. The van der Waals surface area contributed by atoms with E-state index in [0.717, 1.165) is 6.07 Å². The first-order valence-electron chi connectivity index (χ1n) is 8.27. The average molecular weight is 390 g/mol. The van der Waals surface area contributed by atoms with Crippen molar-refractivity contribution < 1.29 is 18.1 Å². The lowest BCUT2D eigenvalue weighted by atomic mass is 9.93. The van der Waals surface area contributed by atoms with Gasteiger partial charge in [0.25, 0.3) is 0 Å². The summed E-state index contributed by atoms with van der Waals surface area (Å²) in [4.78, 5) is 15.6. The van der Waals surface area contributed by atoms with Crippen molar-refractivity contribution in [2.45, 2.75) is 25.7 Å². The molecular weight excluding hydrogens is 376 g/mol. The summed E-state index contributed by atoms with van der Waals surface area (Å²) in [6.07, 6.45) is 0.958. The normalized spacial score (nSPS) is 15.8. The van der Waals surface area contributed by atoms with Gasteiger partial charge in [0.1, 0.15) is 11.6 Å². The van der Waals surface area contributed by atoms with Crippen LogP contribution < -0.4 is 5.73 Å². The van der Waals surface area contributed by atoms with E-state index < -0.39 is 23.5 Å². The van der Waals surface area contributed by atoms with E-state index in [9.17, 15) is 13.6 Å². The number of hydrogen-bond donors (Lipinski definition) is 1. The van der Waals surface area contributed by atoms with Crippen LogP contribution in [0, 0.1) is 18.6 Å². The fourth-order valence-corrected chi connectivity index (χ4v) is 3.79. The molecule has 0 aliphatic heterocycles. The van der Waals surface area contributed by atoms with Crippen molar-refractivity contribution in [1.29, 1.82) is 0 Å². The first kappa shape index (κ1) is 17.6. The summed E-state index contributed by atoms with van der Waals surface area (Å²) in [5.41, 5.74) is 7.17. The molecule has 1 unspecified atom stereocenters. The van der Waals surface area contributed by atoms with E-state index in [0.29, 0.717) is 35.1 Å². The van der Waals surface area contributed by atoms with Gasteiger partial charge in [-0.15, -0.1) is 0 Å². The molecule has 1 amide bonds. The van der Waals surface area contributed by atoms with Crippen LogP contribution >= 0.6 is 11.6 Å². The molecule has 8 heteroatoms. The number of rotatable bonds is 3. The lowest BCUT2D eigenvalue weighted by molar-refractivity contribution is -0.119. The minimum atomic E-state index is -0.649. The maximum absolute atomic E-state index is 14.8. The molecule has 2 N–H and O–H groups in total. The van der Waals surface area contributed by atoms with E-state index in [2.05, 4.69) is 10.1 Å². The van der Waals surface area contributed by atoms with Crippen molar-refractivity contribution >= 4 is 17.5 Å². The van der Waals surface area contributed by atoms with Crippen LogP contribution in [0.5, 0.6) is 0 Å². The maximum Gasteiger partial charge on any atom is 0.225 e. The van der Waals surface area contributed by atoms with Gasteiger partial charge in [-0.25, -0.2) is 8.78 Å². The zero-order valence-corrected chi connectivity index (χ0v) is 15.0. The smallest absolute Gasteiger partial charge is 0.225 e. The molecule has 0 saturated heterocycles. The van der Waals surface area contributed by atoms with Gasteiger partial charge in [0.2, 0.25) is 17.6 Å². The molecule has 1 aliphatic carbocycles. The predicted molar refractivity (Wildman–Crippen MR) is 95.1 cm³/mol. The Morgan fingerprint density at radius 1 is 1.26 bits per heavy atom. The summed E-state index contributed by atoms with van der Waals surface area (Å²) < 4.78 is 34.4. The van der Waals surface area contributed by atoms with Crippen molar-refractivity contribution in [1.82, 2.24) is 10.1 Å². The van der Waals surface area contributed by atoms with Gasteiger partial charge in [0.15, 0.2) is 0 Å². The fraction of sp³-hybridized carbons (Fsp3) is 0.211. The van der Waals surface area contributed by atoms with Gasteiger partial charge >= 0.3 is 0 Å². The van der Waals surface area contributed by atoms with Crippen molar-refractivity contribution in [3.63, 3.8) is 0 Å².